The van der Waals surface area contributed by atoms with Gasteiger partial charge in [0.15, 0.2) is 0 Å². The molecule has 1 unspecified atom stereocenters. The van der Waals surface area contributed by atoms with Gasteiger partial charge in [-0.25, -0.2) is 4.79 Å². The molecule has 14 heavy (non-hydrogen) atoms. The van der Waals surface area contributed by atoms with E-state index in [0.717, 1.165) is 25.6 Å². The van der Waals surface area contributed by atoms with E-state index in [4.69, 9.17) is 0 Å². The van der Waals surface area contributed by atoms with Gasteiger partial charge in [-0.05, 0) is 32.1 Å². The Kier molecular flexibility index (Phi) is 4.77. The molecule has 1 rings (SSSR count). The van der Waals surface area contributed by atoms with Crippen molar-refractivity contribution in [1.82, 2.24) is 10.2 Å². The van der Waals surface area contributed by atoms with E-state index in [9.17, 15) is 4.79 Å². The van der Waals surface area contributed by atoms with Crippen LogP contribution in [0.4, 0.5) is 4.79 Å². The van der Waals surface area contributed by atoms with Crippen molar-refractivity contribution in [3.8, 4) is 0 Å². The molecule has 1 fully saturated rings. The lowest BCUT2D eigenvalue weighted by atomic mass is 9.94. The Bertz CT molecular complexity index is 180. The Balaban J connectivity index is 2.35. The molecule has 1 saturated heterocycles. The van der Waals surface area contributed by atoms with Crippen LogP contribution in [-0.2, 0) is 0 Å². The van der Waals surface area contributed by atoms with Crippen molar-refractivity contribution in [2.75, 3.05) is 19.6 Å². The van der Waals surface area contributed by atoms with Crippen LogP contribution in [0.5, 0.6) is 0 Å². The van der Waals surface area contributed by atoms with Gasteiger partial charge in [0.1, 0.15) is 0 Å². The monoisotopic (exact) mass is 198 g/mol. The van der Waals surface area contributed by atoms with Crippen LogP contribution in [0, 0.1) is 5.92 Å². The zero-order chi connectivity index (χ0) is 10.4. The topological polar surface area (TPSA) is 32.3 Å². The molecule has 0 aromatic heterocycles. The molecule has 1 heterocycles. The predicted molar refractivity (Wildman–Crippen MR) is 58.3 cm³/mol. The molecule has 3 heteroatoms. The van der Waals surface area contributed by atoms with Crippen LogP contribution >= 0.6 is 0 Å². The maximum absolute atomic E-state index is 11.6. The highest BCUT2D eigenvalue weighted by Crippen LogP contribution is 2.20. The molecule has 1 aliphatic rings. The number of hydrogen-bond acceptors (Lipinski definition) is 1. The summed E-state index contributed by atoms with van der Waals surface area (Å²) in [4.78, 5) is 13.5. The minimum atomic E-state index is 0.119. The fraction of sp³-hybridized carbons (Fsp3) is 0.909. The summed E-state index contributed by atoms with van der Waals surface area (Å²) in [6.07, 6.45) is 4.95. The molecule has 0 saturated carbocycles. The standard InChI is InChI=1S/C11H22N2O/c1-3-6-10-7-5-8-13(9-10)11(14)12-4-2/h10H,3-9H2,1-2H3,(H,12,14). The van der Waals surface area contributed by atoms with E-state index in [1.54, 1.807) is 0 Å². The summed E-state index contributed by atoms with van der Waals surface area (Å²) < 4.78 is 0. The first kappa shape index (κ1) is 11.3. The van der Waals surface area contributed by atoms with Gasteiger partial charge in [0, 0.05) is 19.6 Å². The van der Waals surface area contributed by atoms with Crippen LogP contribution in [0.3, 0.4) is 0 Å². The summed E-state index contributed by atoms with van der Waals surface area (Å²) in [5.41, 5.74) is 0. The SMILES string of the molecule is CCCC1CCCN(C(=O)NCC)C1. The molecule has 0 aromatic carbocycles. The molecule has 1 aliphatic heterocycles. The summed E-state index contributed by atoms with van der Waals surface area (Å²) in [6.45, 7) is 6.80. The largest absolute Gasteiger partial charge is 0.338 e. The summed E-state index contributed by atoms with van der Waals surface area (Å²) in [5, 5.41) is 2.86. The van der Waals surface area contributed by atoms with Crippen molar-refractivity contribution in [2.24, 2.45) is 5.92 Å². The number of hydrogen-bond donors (Lipinski definition) is 1. The van der Waals surface area contributed by atoms with Gasteiger partial charge in [-0.15, -0.1) is 0 Å². The molecule has 0 radical (unpaired) electrons. The van der Waals surface area contributed by atoms with Crippen LogP contribution in [-0.4, -0.2) is 30.6 Å². The first-order valence-electron chi connectivity index (χ1n) is 5.80. The number of carbonyl (C=O) groups is 1. The molecule has 0 spiro atoms. The molecule has 0 aromatic rings. The van der Waals surface area contributed by atoms with Crippen LogP contribution in [0.2, 0.25) is 0 Å². The van der Waals surface area contributed by atoms with E-state index in [1.807, 2.05) is 11.8 Å². The van der Waals surface area contributed by atoms with E-state index in [-0.39, 0.29) is 6.03 Å². The van der Waals surface area contributed by atoms with Gasteiger partial charge >= 0.3 is 6.03 Å². The van der Waals surface area contributed by atoms with Gasteiger partial charge in [0.2, 0.25) is 0 Å². The second-order valence-corrected chi connectivity index (χ2v) is 4.08. The number of nitrogens with zero attached hydrogens (tertiary/aromatic N) is 1. The van der Waals surface area contributed by atoms with Gasteiger partial charge in [-0.2, -0.15) is 0 Å². The van der Waals surface area contributed by atoms with Gasteiger partial charge in [0.25, 0.3) is 0 Å². The summed E-state index contributed by atoms with van der Waals surface area (Å²) in [5.74, 6) is 0.733. The molecular weight excluding hydrogens is 176 g/mol. The van der Waals surface area contributed by atoms with Crippen molar-refractivity contribution in [2.45, 2.75) is 39.5 Å². The summed E-state index contributed by atoms with van der Waals surface area (Å²) in [6, 6.07) is 0.119. The minimum absolute atomic E-state index is 0.119. The molecule has 82 valence electrons. The fourth-order valence-electron chi connectivity index (χ4n) is 2.16. The molecule has 0 aliphatic carbocycles. The molecule has 3 nitrogen and oxygen atoms in total. The highest BCUT2D eigenvalue weighted by molar-refractivity contribution is 5.74. The van der Waals surface area contributed by atoms with Crippen molar-refractivity contribution in [1.29, 1.82) is 0 Å². The highest BCUT2D eigenvalue weighted by Gasteiger charge is 2.22. The average molecular weight is 198 g/mol. The third-order valence-corrected chi connectivity index (χ3v) is 2.83. The van der Waals surface area contributed by atoms with E-state index >= 15 is 0 Å². The number of urea groups is 1. The maximum Gasteiger partial charge on any atom is 0.317 e. The highest BCUT2D eigenvalue weighted by atomic mass is 16.2. The van der Waals surface area contributed by atoms with Crippen LogP contribution < -0.4 is 5.32 Å². The van der Waals surface area contributed by atoms with Crippen LogP contribution in [0.15, 0.2) is 0 Å². The van der Waals surface area contributed by atoms with Crippen LogP contribution in [0.1, 0.15) is 39.5 Å². The zero-order valence-corrected chi connectivity index (χ0v) is 9.38. The normalized spacial score (nSPS) is 22.1. The van der Waals surface area contributed by atoms with E-state index in [1.165, 1.54) is 25.7 Å². The predicted octanol–water partition coefficient (Wildman–Crippen LogP) is 2.23. The number of carbonyl (C=O) groups excluding carboxylic acids is 1. The van der Waals surface area contributed by atoms with Gasteiger partial charge in [0.05, 0.1) is 0 Å². The Labute approximate surface area is 86.9 Å². The number of piperidine rings is 1. The van der Waals surface area contributed by atoms with Crippen molar-refractivity contribution < 1.29 is 4.79 Å². The van der Waals surface area contributed by atoms with Gasteiger partial charge < -0.3 is 10.2 Å². The smallest absolute Gasteiger partial charge is 0.317 e. The molecular formula is C11H22N2O. The van der Waals surface area contributed by atoms with Crippen LogP contribution in [0.25, 0.3) is 0 Å². The quantitative estimate of drug-likeness (QED) is 0.741. The average Bonchev–Trinajstić information content (AvgIpc) is 2.19. The first-order chi connectivity index (χ1) is 6.77. The number of amides is 2. The third kappa shape index (κ3) is 3.20. The van der Waals surface area contributed by atoms with E-state index < -0.39 is 0 Å². The fourth-order valence-corrected chi connectivity index (χ4v) is 2.16. The molecule has 2 amide bonds. The van der Waals surface area contributed by atoms with Gasteiger partial charge in [-0.3, -0.25) is 0 Å². The van der Waals surface area contributed by atoms with E-state index in [0.29, 0.717) is 0 Å². The van der Waals surface area contributed by atoms with E-state index in [2.05, 4.69) is 12.2 Å². The summed E-state index contributed by atoms with van der Waals surface area (Å²) in [7, 11) is 0. The van der Waals surface area contributed by atoms with Crippen molar-refractivity contribution in [3.63, 3.8) is 0 Å². The second-order valence-electron chi connectivity index (χ2n) is 4.08. The molecule has 1 atom stereocenters. The lowest BCUT2D eigenvalue weighted by Gasteiger charge is -2.32. The van der Waals surface area contributed by atoms with Crippen molar-refractivity contribution >= 4 is 6.03 Å². The lowest BCUT2D eigenvalue weighted by molar-refractivity contribution is 0.162. The Hall–Kier alpha value is -0.730. The first-order valence-corrected chi connectivity index (χ1v) is 5.80. The number of nitrogens with one attached hydrogen (secondary N) is 1. The third-order valence-electron chi connectivity index (χ3n) is 2.83. The maximum atomic E-state index is 11.6. The Morgan fingerprint density at radius 1 is 1.50 bits per heavy atom. The Morgan fingerprint density at radius 2 is 2.29 bits per heavy atom. The van der Waals surface area contributed by atoms with Gasteiger partial charge in [-0.1, -0.05) is 13.3 Å². The minimum Gasteiger partial charge on any atom is -0.338 e. The second kappa shape index (κ2) is 5.89. The number of rotatable bonds is 3. The Morgan fingerprint density at radius 3 is 2.93 bits per heavy atom. The zero-order valence-electron chi connectivity index (χ0n) is 9.38. The molecule has 0 bridgehead atoms. The summed E-state index contributed by atoms with van der Waals surface area (Å²) >= 11 is 0. The number of likely N-dealkylation sites (tertiary alicyclic amines) is 1. The van der Waals surface area contributed by atoms with Crippen molar-refractivity contribution in [3.05, 3.63) is 0 Å². The lowest BCUT2D eigenvalue weighted by Crippen LogP contribution is -2.45. The molecule has 1 N–H and O–H groups in total.